The van der Waals surface area contributed by atoms with Crippen LogP contribution in [0, 0.1) is 11.8 Å². The Bertz CT molecular complexity index is 443. The second kappa shape index (κ2) is 7.05. The molecule has 2 N–H and O–H groups in total. The fourth-order valence-electron chi connectivity index (χ4n) is 3.06. The summed E-state index contributed by atoms with van der Waals surface area (Å²) in [4.78, 5) is 2.53. The zero-order valence-corrected chi connectivity index (χ0v) is 14.5. The lowest BCUT2D eigenvalue weighted by molar-refractivity contribution is 0.123. The Kier molecular flexibility index (Phi) is 5.64. The van der Waals surface area contributed by atoms with Gasteiger partial charge in [-0.25, -0.2) is 0 Å². The maximum atomic E-state index is 5.91. The number of nitrogens with zero attached hydrogens (tertiary/aromatic N) is 3. The zero-order valence-electron chi connectivity index (χ0n) is 12.9. The first kappa shape index (κ1) is 16.0. The minimum Gasteiger partial charge on any atom is -0.330 e. The van der Waals surface area contributed by atoms with Crippen LogP contribution in [0.25, 0.3) is 0 Å². The number of nitrogens with two attached hydrogens (primary N) is 1. The summed E-state index contributed by atoms with van der Waals surface area (Å²) < 4.78 is 3.34. The van der Waals surface area contributed by atoms with Crippen molar-refractivity contribution >= 4 is 15.9 Å². The van der Waals surface area contributed by atoms with E-state index in [1.165, 1.54) is 28.8 Å². The highest BCUT2D eigenvalue weighted by molar-refractivity contribution is 9.10. The minimum absolute atomic E-state index is 0.631. The van der Waals surface area contributed by atoms with Gasteiger partial charge in [-0.3, -0.25) is 9.58 Å². The summed E-state index contributed by atoms with van der Waals surface area (Å²) in [6.45, 7) is 11.6. The number of halogens is 1. The van der Waals surface area contributed by atoms with Gasteiger partial charge in [0.15, 0.2) is 0 Å². The Morgan fingerprint density at radius 2 is 2.15 bits per heavy atom. The van der Waals surface area contributed by atoms with Crippen LogP contribution in [-0.4, -0.2) is 34.3 Å². The van der Waals surface area contributed by atoms with E-state index in [9.17, 15) is 0 Å². The van der Waals surface area contributed by atoms with Crippen LogP contribution in [0.5, 0.6) is 0 Å². The predicted octanol–water partition coefficient (Wildman–Crippen LogP) is 2.64. The van der Waals surface area contributed by atoms with E-state index in [0.717, 1.165) is 38.5 Å². The fourth-order valence-corrected chi connectivity index (χ4v) is 3.75. The van der Waals surface area contributed by atoms with Crippen LogP contribution in [-0.2, 0) is 19.5 Å². The number of hydrogen-bond acceptors (Lipinski definition) is 3. The van der Waals surface area contributed by atoms with E-state index in [1.54, 1.807) is 0 Å². The molecule has 1 aliphatic heterocycles. The van der Waals surface area contributed by atoms with Gasteiger partial charge in [-0.05, 0) is 60.6 Å². The molecule has 2 rings (SSSR count). The maximum absolute atomic E-state index is 5.91. The highest BCUT2D eigenvalue weighted by Gasteiger charge is 2.26. The van der Waals surface area contributed by atoms with Gasteiger partial charge in [0, 0.05) is 19.6 Å². The Hall–Kier alpha value is -0.390. The molecule has 114 valence electrons. The Balaban J connectivity index is 2.11. The molecule has 0 spiro atoms. The number of aromatic nitrogens is 2. The summed E-state index contributed by atoms with van der Waals surface area (Å²) in [5.41, 5.74) is 8.39. The second-order valence-electron chi connectivity index (χ2n) is 5.87. The smallest absolute Gasteiger partial charge is 0.0767 e. The molecule has 0 saturated carbocycles. The van der Waals surface area contributed by atoms with Crippen molar-refractivity contribution < 1.29 is 0 Å². The third-order valence-corrected chi connectivity index (χ3v) is 5.48. The van der Waals surface area contributed by atoms with Gasteiger partial charge in [-0.15, -0.1) is 0 Å². The third-order valence-electron chi connectivity index (χ3n) is 4.57. The van der Waals surface area contributed by atoms with Crippen LogP contribution in [0.3, 0.4) is 0 Å². The standard InChI is InChI=1S/C15H27BrN4/c1-4-13-15(16)14(20(5-2)18-13)10-19-7-6-11(3)12(8-17)9-19/h11-12H,4-10,17H2,1-3H3. The third kappa shape index (κ3) is 3.26. The minimum atomic E-state index is 0.631. The topological polar surface area (TPSA) is 47.1 Å². The van der Waals surface area contributed by atoms with E-state index < -0.39 is 0 Å². The van der Waals surface area contributed by atoms with Gasteiger partial charge < -0.3 is 5.73 Å². The summed E-state index contributed by atoms with van der Waals surface area (Å²) in [7, 11) is 0. The number of likely N-dealkylation sites (tertiary alicyclic amines) is 1. The Morgan fingerprint density at radius 3 is 2.75 bits per heavy atom. The highest BCUT2D eigenvalue weighted by Crippen LogP contribution is 2.27. The van der Waals surface area contributed by atoms with Crippen molar-refractivity contribution in [3.63, 3.8) is 0 Å². The van der Waals surface area contributed by atoms with E-state index in [2.05, 4.69) is 51.4 Å². The van der Waals surface area contributed by atoms with Crippen LogP contribution >= 0.6 is 15.9 Å². The van der Waals surface area contributed by atoms with Crippen molar-refractivity contribution in [2.24, 2.45) is 17.6 Å². The van der Waals surface area contributed by atoms with Crippen LogP contribution in [0.2, 0.25) is 0 Å². The van der Waals surface area contributed by atoms with E-state index in [0.29, 0.717) is 5.92 Å². The zero-order chi connectivity index (χ0) is 14.7. The SMILES string of the molecule is CCc1nn(CC)c(CN2CCC(C)C(CN)C2)c1Br. The average Bonchev–Trinajstić information content (AvgIpc) is 2.77. The molecule has 0 amide bonds. The van der Waals surface area contributed by atoms with Crippen molar-refractivity contribution in [1.29, 1.82) is 0 Å². The largest absolute Gasteiger partial charge is 0.330 e. The average molecular weight is 343 g/mol. The van der Waals surface area contributed by atoms with Gasteiger partial charge in [-0.2, -0.15) is 5.10 Å². The normalized spacial score (nSPS) is 24.2. The lowest BCUT2D eigenvalue weighted by Gasteiger charge is -2.36. The Morgan fingerprint density at radius 1 is 1.40 bits per heavy atom. The predicted molar refractivity (Wildman–Crippen MR) is 86.6 cm³/mol. The van der Waals surface area contributed by atoms with Crippen molar-refractivity contribution in [2.45, 2.75) is 46.7 Å². The molecule has 2 atom stereocenters. The van der Waals surface area contributed by atoms with Crippen molar-refractivity contribution in [3.05, 3.63) is 15.9 Å². The molecular weight excluding hydrogens is 316 g/mol. The molecule has 1 aromatic rings. The molecule has 0 aliphatic carbocycles. The summed E-state index contributed by atoms with van der Waals surface area (Å²) >= 11 is 3.74. The van der Waals surface area contributed by atoms with Gasteiger partial charge in [0.25, 0.3) is 0 Å². The fraction of sp³-hybridized carbons (Fsp3) is 0.800. The van der Waals surface area contributed by atoms with Gasteiger partial charge in [0.05, 0.1) is 15.9 Å². The molecule has 2 heterocycles. The lowest BCUT2D eigenvalue weighted by atomic mass is 9.87. The summed E-state index contributed by atoms with van der Waals surface area (Å²) in [6.07, 6.45) is 2.23. The first-order valence-electron chi connectivity index (χ1n) is 7.77. The van der Waals surface area contributed by atoms with Gasteiger partial charge >= 0.3 is 0 Å². The summed E-state index contributed by atoms with van der Waals surface area (Å²) in [5, 5.41) is 4.68. The molecule has 1 fully saturated rings. The number of rotatable bonds is 5. The lowest BCUT2D eigenvalue weighted by Crippen LogP contribution is -2.42. The van der Waals surface area contributed by atoms with E-state index in [4.69, 9.17) is 5.73 Å². The quantitative estimate of drug-likeness (QED) is 0.894. The molecule has 4 nitrogen and oxygen atoms in total. The molecule has 5 heteroatoms. The van der Waals surface area contributed by atoms with E-state index in [-0.39, 0.29) is 0 Å². The summed E-state index contributed by atoms with van der Waals surface area (Å²) in [5.74, 6) is 1.38. The molecule has 1 saturated heterocycles. The van der Waals surface area contributed by atoms with Gasteiger partial charge in [-0.1, -0.05) is 13.8 Å². The van der Waals surface area contributed by atoms with Gasteiger partial charge in [0.1, 0.15) is 0 Å². The molecular formula is C15H27BrN4. The summed E-state index contributed by atoms with van der Waals surface area (Å²) in [6, 6.07) is 0. The number of piperidine rings is 1. The molecule has 0 radical (unpaired) electrons. The molecule has 1 aromatic heterocycles. The van der Waals surface area contributed by atoms with Crippen LogP contribution in [0.15, 0.2) is 4.47 Å². The van der Waals surface area contributed by atoms with Crippen LogP contribution in [0.1, 0.15) is 38.6 Å². The van der Waals surface area contributed by atoms with Crippen molar-refractivity contribution in [2.75, 3.05) is 19.6 Å². The van der Waals surface area contributed by atoms with Crippen molar-refractivity contribution in [3.8, 4) is 0 Å². The Labute approximate surface area is 130 Å². The van der Waals surface area contributed by atoms with Gasteiger partial charge in [0.2, 0.25) is 0 Å². The first-order valence-corrected chi connectivity index (χ1v) is 8.56. The molecule has 0 bridgehead atoms. The second-order valence-corrected chi connectivity index (χ2v) is 6.67. The first-order chi connectivity index (χ1) is 9.60. The van der Waals surface area contributed by atoms with E-state index >= 15 is 0 Å². The monoisotopic (exact) mass is 342 g/mol. The van der Waals surface area contributed by atoms with Crippen LogP contribution in [0.4, 0.5) is 0 Å². The van der Waals surface area contributed by atoms with Crippen molar-refractivity contribution in [1.82, 2.24) is 14.7 Å². The molecule has 1 aliphatic rings. The number of hydrogen-bond donors (Lipinski definition) is 1. The highest BCUT2D eigenvalue weighted by atomic mass is 79.9. The maximum Gasteiger partial charge on any atom is 0.0767 e. The van der Waals surface area contributed by atoms with Crippen LogP contribution < -0.4 is 5.73 Å². The molecule has 20 heavy (non-hydrogen) atoms. The molecule has 2 unspecified atom stereocenters. The number of aryl methyl sites for hydroxylation is 2. The van der Waals surface area contributed by atoms with E-state index in [1.807, 2.05) is 0 Å². The molecule has 0 aromatic carbocycles.